The fourth-order valence-electron chi connectivity index (χ4n) is 3.40. The largest absolute Gasteiger partial charge is 0.456 e. The standard InChI is InChI=1S/C24H19N5O/c25-18-8-5-15(6-9-18)22-12-11-21(30-22)14-1-3-16(4-2-14)24-28-19-10-7-17(23(26)27)13-20(19)29-24/h1-13H,25H2,(H3,26,27)(H,28,29). The molecular weight excluding hydrogens is 374 g/mol. The van der Waals surface area contributed by atoms with Gasteiger partial charge in [0.15, 0.2) is 0 Å². The van der Waals surface area contributed by atoms with Gasteiger partial charge in [-0.05, 0) is 54.6 Å². The van der Waals surface area contributed by atoms with Crippen molar-refractivity contribution in [2.24, 2.45) is 5.73 Å². The van der Waals surface area contributed by atoms with Gasteiger partial charge in [0.25, 0.3) is 0 Å². The summed E-state index contributed by atoms with van der Waals surface area (Å²) in [5.74, 6) is 2.39. The number of nitrogen functional groups attached to an aromatic ring is 2. The third kappa shape index (κ3) is 3.20. The molecule has 2 aromatic heterocycles. The van der Waals surface area contributed by atoms with Crippen LogP contribution in [-0.2, 0) is 0 Å². The van der Waals surface area contributed by atoms with Crippen LogP contribution in [0.5, 0.6) is 0 Å². The molecule has 3 aromatic carbocycles. The SMILES string of the molecule is N=C(N)c1ccc2nc(-c3ccc(-c4ccc(-c5ccc(N)cc5)o4)cc3)[nH]c2c1. The molecule has 0 amide bonds. The van der Waals surface area contributed by atoms with E-state index < -0.39 is 0 Å². The molecule has 0 unspecified atom stereocenters. The van der Waals surface area contributed by atoms with Crippen molar-refractivity contribution in [2.45, 2.75) is 0 Å². The number of anilines is 1. The fourth-order valence-corrected chi connectivity index (χ4v) is 3.40. The summed E-state index contributed by atoms with van der Waals surface area (Å²) in [6.45, 7) is 0. The van der Waals surface area contributed by atoms with E-state index in [2.05, 4.69) is 9.97 Å². The number of nitrogens with one attached hydrogen (secondary N) is 2. The van der Waals surface area contributed by atoms with E-state index >= 15 is 0 Å². The van der Waals surface area contributed by atoms with Crippen molar-refractivity contribution in [3.63, 3.8) is 0 Å². The summed E-state index contributed by atoms with van der Waals surface area (Å²) in [6.07, 6.45) is 0. The van der Waals surface area contributed by atoms with E-state index in [1.165, 1.54) is 0 Å². The van der Waals surface area contributed by atoms with Crippen LogP contribution in [0.1, 0.15) is 5.56 Å². The summed E-state index contributed by atoms with van der Waals surface area (Å²) in [4.78, 5) is 7.94. The van der Waals surface area contributed by atoms with Crippen molar-refractivity contribution in [3.05, 3.63) is 84.4 Å². The number of nitrogens with zero attached hydrogens (tertiary/aromatic N) is 1. The maximum Gasteiger partial charge on any atom is 0.138 e. The lowest BCUT2D eigenvalue weighted by Crippen LogP contribution is -2.10. The number of aromatic nitrogens is 2. The van der Waals surface area contributed by atoms with E-state index in [9.17, 15) is 0 Å². The number of nitrogens with two attached hydrogens (primary N) is 2. The Labute approximate surface area is 172 Å². The number of aromatic amines is 1. The van der Waals surface area contributed by atoms with Crippen LogP contribution in [0.15, 0.2) is 83.3 Å². The van der Waals surface area contributed by atoms with E-state index in [0.29, 0.717) is 5.56 Å². The molecule has 0 spiro atoms. The first kappa shape index (κ1) is 17.8. The predicted octanol–water partition coefficient (Wildman–Crippen LogP) is 5.02. The van der Waals surface area contributed by atoms with Crippen LogP contribution in [0.3, 0.4) is 0 Å². The molecule has 30 heavy (non-hydrogen) atoms. The summed E-state index contributed by atoms with van der Waals surface area (Å²) < 4.78 is 6.03. The zero-order valence-corrected chi connectivity index (χ0v) is 16.0. The molecule has 0 saturated heterocycles. The highest BCUT2D eigenvalue weighted by Crippen LogP contribution is 2.30. The Morgan fingerprint density at radius 2 is 1.40 bits per heavy atom. The third-order valence-corrected chi connectivity index (χ3v) is 5.04. The topological polar surface area (TPSA) is 118 Å². The molecule has 2 heterocycles. The zero-order valence-electron chi connectivity index (χ0n) is 16.0. The van der Waals surface area contributed by atoms with Crippen molar-refractivity contribution < 1.29 is 4.42 Å². The first-order valence-corrected chi connectivity index (χ1v) is 9.47. The molecule has 0 radical (unpaired) electrons. The molecule has 6 heteroatoms. The number of rotatable bonds is 4. The number of amidine groups is 1. The van der Waals surface area contributed by atoms with Gasteiger partial charge in [-0.2, -0.15) is 0 Å². The maximum absolute atomic E-state index is 7.58. The van der Waals surface area contributed by atoms with Crippen molar-refractivity contribution in [3.8, 4) is 34.0 Å². The van der Waals surface area contributed by atoms with Gasteiger partial charge in [-0.25, -0.2) is 4.98 Å². The first-order chi connectivity index (χ1) is 14.6. The normalized spacial score (nSPS) is 11.1. The summed E-state index contributed by atoms with van der Waals surface area (Å²) in [5, 5.41) is 7.58. The van der Waals surface area contributed by atoms with Gasteiger partial charge in [0.1, 0.15) is 23.2 Å². The Hall–Kier alpha value is -4.32. The van der Waals surface area contributed by atoms with Gasteiger partial charge in [-0.15, -0.1) is 0 Å². The minimum atomic E-state index is 0.0363. The van der Waals surface area contributed by atoms with Crippen LogP contribution in [-0.4, -0.2) is 15.8 Å². The first-order valence-electron chi connectivity index (χ1n) is 9.47. The van der Waals surface area contributed by atoms with Crippen LogP contribution in [0.4, 0.5) is 5.69 Å². The van der Waals surface area contributed by atoms with E-state index in [0.717, 1.165) is 50.8 Å². The summed E-state index contributed by atoms with van der Waals surface area (Å²) in [7, 11) is 0. The molecule has 0 bridgehead atoms. The lowest BCUT2D eigenvalue weighted by Gasteiger charge is -2.01. The summed E-state index contributed by atoms with van der Waals surface area (Å²) >= 11 is 0. The molecule has 6 N–H and O–H groups in total. The van der Waals surface area contributed by atoms with Gasteiger partial charge in [-0.3, -0.25) is 5.41 Å². The lowest BCUT2D eigenvalue weighted by atomic mass is 10.1. The Bertz CT molecular complexity index is 1360. The minimum absolute atomic E-state index is 0.0363. The Balaban J connectivity index is 1.42. The van der Waals surface area contributed by atoms with Gasteiger partial charge in [0, 0.05) is 27.9 Å². The van der Waals surface area contributed by atoms with Crippen LogP contribution in [0.25, 0.3) is 45.1 Å². The number of benzene rings is 3. The van der Waals surface area contributed by atoms with Gasteiger partial charge in [0.05, 0.1) is 11.0 Å². The van der Waals surface area contributed by atoms with Crippen LogP contribution >= 0.6 is 0 Å². The second-order valence-electron chi connectivity index (χ2n) is 7.09. The number of furan rings is 1. The highest BCUT2D eigenvalue weighted by molar-refractivity contribution is 5.98. The Morgan fingerprint density at radius 1 is 0.800 bits per heavy atom. The van der Waals surface area contributed by atoms with Gasteiger partial charge in [0.2, 0.25) is 0 Å². The number of hydrogen-bond donors (Lipinski definition) is 4. The maximum atomic E-state index is 7.58. The molecule has 0 aliphatic rings. The molecule has 146 valence electrons. The Morgan fingerprint density at radius 3 is 2.03 bits per heavy atom. The van der Waals surface area contributed by atoms with Crippen LogP contribution in [0.2, 0.25) is 0 Å². The average Bonchev–Trinajstić information content (AvgIpc) is 3.41. The van der Waals surface area contributed by atoms with Crippen molar-refractivity contribution in [2.75, 3.05) is 5.73 Å². The van der Waals surface area contributed by atoms with Crippen LogP contribution < -0.4 is 11.5 Å². The molecule has 0 saturated carbocycles. The third-order valence-electron chi connectivity index (χ3n) is 5.04. The van der Waals surface area contributed by atoms with E-state index in [4.69, 9.17) is 21.3 Å². The molecule has 6 nitrogen and oxygen atoms in total. The molecule has 5 rings (SSSR count). The van der Waals surface area contributed by atoms with Crippen molar-refractivity contribution in [1.82, 2.24) is 9.97 Å². The summed E-state index contributed by atoms with van der Waals surface area (Å²) in [5.41, 5.74) is 17.3. The van der Waals surface area contributed by atoms with Gasteiger partial charge >= 0.3 is 0 Å². The lowest BCUT2D eigenvalue weighted by molar-refractivity contribution is 0.597. The van der Waals surface area contributed by atoms with E-state index in [-0.39, 0.29) is 5.84 Å². The second-order valence-corrected chi connectivity index (χ2v) is 7.09. The average molecular weight is 393 g/mol. The monoisotopic (exact) mass is 393 g/mol. The molecule has 0 aliphatic carbocycles. The summed E-state index contributed by atoms with van der Waals surface area (Å²) in [6, 6.07) is 25.1. The smallest absolute Gasteiger partial charge is 0.138 e. The highest BCUT2D eigenvalue weighted by atomic mass is 16.3. The molecule has 5 aromatic rings. The highest BCUT2D eigenvalue weighted by Gasteiger charge is 2.10. The van der Waals surface area contributed by atoms with Crippen molar-refractivity contribution >= 4 is 22.6 Å². The zero-order chi connectivity index (χ0) is 20.7. The Kier molecular flexibility index (Phi) is 4.10. The number of H-pyrrole nitrogens is 1. The van der Waals surface area contributed by atoms with E-state index in [1.807, 2.05) is 72.8 Å². The molecule has 0 fully saturated rings. The molecule has 0 atom stereocenters. The van der Waals surface area contributed by atoms with Gasteiger partial charge < -0.3 is 20.9 Å². The number of fused-ring (bicyclic) bond motifs is 1. The van der Waals surface area contributed by atoms with E-state index in [1.54, 1.807) is 6.07 Å². The number of hydrogen-bond acceptors (Lipinski definition) is 4. The molecule has 0 aliphatic heterocycles. The predicted molar refractivity (Wildman–Crippen MR) is 120 cm³/mol. The van der Waals surface area contributed by atoms with Crippen molar-refractivity contribution in [1.29, 1.82) is 5.41 Å². The fraction of sp³-hybridized carbons (Fsp3) is 0. The van der Waals surface area contributed by atoms with Gasteiger partial charge in [-0.1, -0.05) is 24.3 Å². The van der Waals surface area contributed by atoms with Crippen LogP contribution in [0, 0.1) is 5.41 Å². The number of imidazole rings is 1. The second kappa shape index (κ2) is 6.93. The minimum Gasteiger partial charge on any atom is -0.456 e. The molecular formula is C24H19N5O. The quantitative estimate of drug-likeness (QED) is 0.195.